The third-order valence-electron chi connectivity index (χ3n) is 5.74. The Kier molecular flexibility index (Phi) is 7.97. The molecule has 0 radical (unpaired) electrons. The zero-order valence-electron chi connectivity index (χ0n) is 19.9. The minimum atomic E-state index is -0.624. The highest BCUT2D eigenvalue weighted by molar-refractivity contribution is 8.14. The van der Waals surface area contributed by atoms with Crippen molar-refractivity contribution < 1.29 is 14.4 Å². The molecule has 3 amide bonds. The largest absolute Gasteiger partial charge is 0.356 e. The molecule has 35 heavy (non-hydrogen) atoms. The summed E-state index contributed by atoms with van der Waals surface area (Å²) < 4.78 is 0. The minimum absolute atomic E-state index is 0.0826. The van der Waals surface area contributed by atoms with Crippen LogP contribution in [-0.4, -0.2) is 52.0 Å². The smallest absolute Gasteiger partial charge is 0.270 e. The third-order valence-corrected chi connectivity index (χ3v) is 6.69. The van der Waals surface area contributed by atoms with E-state index in [0.29, 0.717) is 29.7 Å². The van der Waals surface area contributed by atoms with Crippen LogP contribution in [0.5, 0.6) is 0 Å². The Labute approximate surface area is 209 Å². The number of aliphatic imine (C=N–C) groups is 2. The van der Waals surface area contributed by atoms with Crippen molar-refractivity contribution in [2.75, 3.05) is 17.6 Å². The maximum atomic E-state index is 12.9. The number of thioether (sulfide) groups is 1. The summed E-state index contributed by atoms with van der Waals surface area (Å²) in [6.07, 6.45) is 2.45. The fourth-order valence-electron chi connectivity index (χ4n) is 3.99. The molecule has 2 aliphatic heterocycles. The zero-order chi connectivity index (χ0) is 24.8. The van der Waals surface area contributed by atoms with E-state index in [9.17, 15) is 14.4 Å². The number of hydrogen-bond donors (Lipinski definition) is 2. The molecule has 182 valence electrons. The number of anilines is 1. The highest BCUT2D eigenvalue weighted by atomic mass is 32.2. The number of nitrogens with zero attached hydrogens (tertiary/aromatic N) is 3. The number of aryl methyl sites for hydroxylation is 1. The van der Waals surface area contributed by atoms with Crippen LogP contribution < -0.4 is 10.6 Å². The molecule has 9 heteroatoms. The van der Waals surface area contributed by atoms with E-state index in [1.54, 1.807) is 4.90 Å². The van der Waals surface area contributed by atoms with Crippen LogP contribution >= 0.6 is 11.8 Å². The second-order valence-electron chi connectivity index (χ2n) is 8.52. The molecule has 0 aliphatic carbocycles. The van der Waals surface area contributed by atoms with E-state index in [1.165, 1.54) is 11.8 Å². The number of carbonyl (C=O) groups is 3. The average Bonchev–Trinajstić information content (AvgIpc) is 3.17. The highest BCUT2D eigenvalue weighted by Crippen LogP contribution is 2.35. The van der Waals surface area contributed by atoms with Crippen LogP contribution in [0.1, 0.15) is 43.7 Å². The zero-order valence-corrected chi connectivity index (χ0v) is 20.7. The number of benzene rings is 2. The molecule has 1 unspecified atom stereocenters. The van der Waals surface area contributed by atoms with Crippen LogP contribution in [-0.2, 0) is 14.4 Å². The molecule has 0 spiro atoms. The summed E-state index contributed by atoms with van der Waals surface area (Å²) in [6.45, 7) is 4.66. The lowest BCUT2D eigenvalue weighted by Crippen LogP contribution is -2.44. The monoisotopic (exact) mass is 491 g/mol. The number of rotatable bonds is 9. The maximum absolute atomic E-state index is 12.9. The number of fused-ring (bicyclic) bond motifs is 3. The van der Waals surface area contributed by atoms with Crippen LogP contribution in [0.25, 0.3) is 0 Å². The van der Waals surface area contributed by atoms with Gasteiger partial charge in [0.05, 0.1) is 11.4 Å². The first kappa shape index (κ1) is 24.7. The van der Waals surface area contributed by atoms with E-state index in [1.807, 2.05) is 55.5 Å². The molecule has 0 aromatic heterocycles. The van der Waals surface area contributed by atoms with Crippen LogP contribution in [0.2, 0.25) is 0 Å². The molecule has 2 heterocycles. The van der Waals surface area contributed by atoms with Crippen molar-refractivity contribution in [3.05, 3.63) is 59.7 Å². The van der Waals surface area contributed by atoms with Crippen LogP contribution in [0.4, 0.5) is 11.4 Å². The number of amidine groups is 2. The fraction of sp³-hybridized carbons (Fsp3) is 0.346. The molecule has 2 aromatic carbocycles. The fourth-order valence-corrected chi connectivity index (χ4v) is 4.84. The van der Waals surface area contributed by atoms with Crippen molar-refractivity contribution in [3.8, 4) is 0 Å². The molecule has 4 rings (SSSR count). The molecule has 0 saturated carbocycles. The van der Waals surface area contributed by atoms with Crippen LogP contribution in [0.3, 0.4) is 0 Å². The van der Waals surface area contributed by atoms with Gasteiger partial charge in [-0.05, 0) is 49.6 Å². The number of unbranched alkanes of at least 4 members (excludes halogenated alkanes) is 1. The van der Waals surface area contributed by atoms with Gasteiger partial charge in [0.15, 0.2) is 5.17 Å². The quantitative estimate of drug-likeness (QED) is 0.516. The first-order chi connectivity index (χ1) is 17.0. The Bertz CT molecular complexity index is 1190. The summed E-state index contributed by atoms with van der Waals surface area (Å²) in [5.74, 6) is 0.102. The predicted molar refractivity (Wildman–Crippen MR) is 140 cm³/mol. The van der Waals surface area contributed by atoms with E-state index < -0.39 is 6.04 Å². The first-order valence-corrected chi connectivity index (χ1v) is 12.8. The SMILES string of the molecule is CCCCNC(=O)CCC1C(=O)N=C2c3ccccc3N=C(SCC(=O)Nc3cccc(C)c3)N21. The van der Waals surface area contributed by atoms with E-state index in [4.69, 9.17) is 4.99 Å². The van der Waals surface area contributed by atoms with Gasteiger partial charge >= 0.3 is 0 Å². The molecule has 8 nitrogen and oxygen atoms in total. The van der Waals surface area contributed by atoms with Gasteiger partial charge in [0.1, 0.15) is 11.9 Å². The minimum Gasteiger partial charge on any atom is -0.356 e. The summed E-state index contributed by atoms with van der Waals surface area (Å²) in [5, 5.41) is 6.33. The van der Waals surface area contributed by atoms with Gasteiger partial charge in [-0.3, -0.25) is 19.3 Å². The van der Waals surface area contributed by atoms with Crippen molar-refractivity contribution in [2.45, 2.75) is 45.6 Å². The Hall–Kier alpha value is -3.46. The third kappa shape index (κ3) is 5.97. The summed E-state index contributed by atoms with van der Waals surface area (Å²) in [6, 6.07) is 14.5. The number of hydrogen-bond acceptors (Lipinski definition) is 6. The summed E-state index contributed by atoms with van der Waals surface area (Å²) in [7, 11) is 0. The van der Waals surface area contributed by atoms with E-state index in [0.717, 1.165) is 29.7 Å². The van der Waals surface area contributed by atoms with Gasteiger partial charge in [-0.15, -0.1) is 0 Å². The number of nitrogens with one attached hydrogen (secondary N) is 2. The molecular weight excluding hydrogens is 462 g/mol. The lowest BCUT2D eigenvalue weighted by Gasteiger charge is -2.31. The summed E-state index contributed by atoms with van der Waals surface area (Å²) in [5.41, 5.74) is 3.26. The standard InChI is InChI=1S/C26H29N5O3S/c1-3-4-14-27-22(32)13-12-21-25(34)30-24-19-10-5-6-11-20(19)29-26(31(21)24)35-16-23(33)28-18-9-7-8-17(2)15-18/h5-11,15,21H,3-4,12-14,16H2,1-2H3,(H,27,32)(H,28,33). The molecule has 2 aliphatic rings. The van der Waals surface area contributed by atoms with Gasteiger partial charge in [0.25, 0.3) is 5.91 Å². The van der Waals surface area contributed by atoms with Crippen molar-refractivity contribution in [2.24, 2.45) is 9.98 Å². The molecule has 2 aromatic rings. The number of carbonyl (C=O) groups excluding carboxylic acids is 3. The second kappa shape index (κ2) is 11.3. The van der Waals surface area contributed by atoms with Gasteiger partial charge in [0.2, 0.25) is 11.8 Å². The van der Waals surface area contributed by atoms with Gasteiger partial charge < -0.3 is 10.6 Å². The lowest BCUT2D eigenvalue weighted by atomic mass is 10.1. The predicted octanol–water partition coefficient (Wildman–Crippen LogP) is 4.02. The van der Waals surface area contributed by atoms with E-state index in [-0.39, 0.29) is 29.9 Å². The van der Waals surface area contributed by atoms with Gasteiger partial charge in [0, 0.05) is 24.2 Å². The van der Waals surface area contributed by atoms with Crippen LogP contribution in [0, 0.1) is 6.92 Å². The number of para-hydroxylation sites is 1. The molecule has 0 bridgehead atoms. The highest BCUT2D eigenvalue weighted by Gasteiger charge is 2.41. The Morgan fingerprint density at radius 1 is 1.09 bits per heavy atom. The topological polar surface area (TPSA) is 103 Å². The Balaban J connectivity index is 1.48. The van der Waals surface area contributed by atoms with Crippen molar-refractivity contribution in [1.82, 2.24) is 10.2 Å². The van der Waals surface area contributed by atoms with E-state index >= 15 is 0 Å². The Morgan fingerprint density at radius 3 is 2.71 bits per heavy atom. The maximum Gasteiger partial charge on any atom is 0.270 e. The molecule has 0 fully saturated rings. The first-order valence-electron chi connectivity index (χ1n) is 11.8. The Morgan fingerprint density at radius 2 is 1.91 bits per heavy atom. The normalized spacial score (nSPS) is 16.2. The van der Waals surface area contributed by atoms with Gasteiger partial charge in [-0.2, -0.15) is 4.99 Å². The van der Waals surface area contributed by atoms with Gasteiger partial charge in [-0.1, -0.05) is 49.4 Å². The lowest BCUT2D eigenvalue weighted by molar-refractivity contribution is -0.122. The average molecular weight is 492 g/mol. The second-order valence-corrected chi connectivity index (χ2v) is 9.46. The van der Waals surface area contributed by atoms with Crippen molar-refractivity contribution in [1.29, 1.82) is 0 Å². The summed E-state index contributed by atoms with van der Waals surface area (Å²) in [4.78, 5) is 48.6. The van der Waals surface area contributed by atoms with E-state index in [2.05, 4.69) is 22.5 Å². The molecule has 2 N–H and O–H groups in total. The van der Waals surface area contributed by atoms with Crippen LogP contribution in [0.15, 0.2) is 58.5 Å². The van der Waals surface area contributed by atoms with Crippen molar-refractivity contribution >= 4 is 51.9 Å². The summed E-state index contributed by atoms with van der Waals surface area (Å²) >= 11 is 1.26. The van der Waals surface area contributed by atoms with Crippen molar-refractivity contribution in [3.63, 3.8) is 0 Å². The molecule has 1 atom stereocenters. The molecule has 0 saturated heterocycles. The van der Waals surface area contributed by atoms with Gasteiger partial charge in [-0.25, -0.2) is 4.99 Å². The number of amides is 3. The molecular formula is C26H29N5O3S.